The molecule has 0 aliphatic carbocycles. The van der Waals surface area contributed by atoms with Gasteiger partial charge in [-0.3, -0.25) is 4.79 Å². The van der Waals surface area contributed by atoms with Crippen LogP contribution >= 0.6 is 15.9 Å². The van der Waals surface area contributed by atoms with Gasteiger partial charge >= 0.3 is 5.97 Å². The highest BCUT2D eigenvalue weighted by Gasteiger charge is 1.98. The summed E-state index contributed by atoms with van der Waals surface area (Å²) in [6.45, 7) is 0. The minimum atomic E-state index is -0.650. The quantitative estimate of drug-likeness (QED) is 0.0894. The molecule has 0 aromatic heterocycles. The fourth-order valence-electron chi connectivity index (χ4n) is 4.44. The molecule has 1 N–H and O–H groups in total. The number of carboxylic acids is 1. The van der Waals surface area contributed by atoms with Gasteiger partial charge in [0.05, 0.1) is 0 Å². The summed E-state index contributed by atoms with van der Waals surface area (Å²) in [4.78, 5) is 10.4. The molecule has 31 heavy (non-hydrogen) atoms. The van der Waals surface area contributed by atoms with Crippen LogP contribution in [0.25, 0.3) is 0 Å². The lowest BCUT2D eigenvalue weighted by Crippen LogP contribution is -1.93. The smallest absolute Gasteiger partial charge is 0.303 e. The Kier molecular flexibility index (Phi) is 27.9. The normalized spacial score (nSPS) is 11.3. The predicted octanol–water partition coefficient (Wildman–Crippen LogP) is 10.6. The molecule has 0 bridgehead atoms. The topological polar surface area (TPSA) is 37.3 Å². The van der Waals surface area contributed by atoms with Crippen LogP contribution in [-0.2, 0) is 4.79 Å². The molecule has 0 unspecified atom stereocenters. The van der Waals surface area contributed by atoms with E-state index in [9.17, 15) is 4.79 Å². The number of rotatable bonds is 27. The molecular weight excluding hydrogens is 448 g/mol. The van der Waals surface area contributed by atoms with E-state index >= 15 is 0 Å². The van der Waals surface area contributed by atoms with Gasteiger partial charge in [-0.25, -0.2) is 0 Å². The van der Waals surface area contributed by atoms with Gasteiger partial charge in [0.15, 0.2) is 0 Å². The molecule has 2 nitrogen and oxygen atoms in total. The summed E-state index contributed by atoms with van der Waals surface area (Å²) >= 11 is 3.51. The zero-order valence-electron chi connectivity index (χ0n) is 20.8. The van der Waals surface area contributed by atoms with Crippen molar-refractivity contribution in [1.82, 2.24) is 0 Å². The molecule has 0 atom stereocenters. The van der Waals surface area contributed by atoms with E-state index in [0.29, 0.717) is 6.42 Å². The van der Waals surface area contributed by atoms with E-state index < -0.39 is 5.97 Å². The second kappa shape index (κ2) is 28.0. The third-order valence-electron chi connectivity index (χ3n) is 6.52. The maximum atomic E-state index is 10.4. The van der Waals surface area contributed by atoms with Gasteiger partial charge < -0.3 is 5.11 Å². The number of carbonyl (C=O) groups is 1. The van der Waals surface area contributed by atoms with Crippen molar-refractivity contribution in [1.29, 1.82) is 0 Å². The summed E-state index contributed by atoms with van der Waals surface area (Å²) in [7, 11) is 0. The molecule has 0 saturated carbocycles. The number of unbranched alkanes of at least 4 members (excludes halogenated alkanes) is 24. The molecule has 186 valence electrons. The van der Waals surface area contributed by atoms with Gasteiger partial charge in [0.1, 0.15) is 0 Å². The molecule has 0 spiro atoms. The van der Waals surface area contributed by atoms with E-state index in [1.165, 1.54) is 153 Å². The van der Waals surface area contributed by atoms with Crippen LogP contribution in [0.4, 0.5) is 0 Å². The molecule has 0 aliphatic heterocycles. The second-order valence-electron chi connectivity index (χ2n) is 9.67. The van der Waals surface area contributed by atoms with Crippen molar-refractivity contribution in [3.63, 3.8) is 0 Å². The van der Waals surface area contributed by atoms with E-state index in [4.69, 9.17) is 5.11 Å². The standard InChI is InChI=1S/C28H55BrO2/c29-27-25-23-21-19-17-15-13-11-9-7-5-3-1-2-4-6-8-10-12-14-16-18-20-22-24-26-28(30)31/h1-27H2,(H,30,31). The summed E-state index contributed by atoms with van der Waals surface area (Å²) in [6, 6.07) is 0. The molecule has 0 rings (SSSR count). The molecule has 0 saturated heterocycles. The maximum Gasteiger partial charge on any atom is 0.303 e. The highest BCUT2D eigenvalue weighted by atomic mass is 79.9. The minimum absolute atomic E-state index is 0.346. The minimum Gasteiger partial charge on any atom is -0.481 e. The summed E-state index contributed by atoms with van der Waals surface area (Å²) in [5.41, 5.74) is 0. The number of hydrogen-bond acceptors (Lipinski definition) is 1. The van der Waals surface area contributed by atoms with Gasteiger partial charge in [0.25, 0.3) is 0 Å². The highest BCUT2D eigenvalue weighted by Crippen LogP contribution is 2.16. The molecule has 0 amide bonds. The van der Waals surface area contributed by atoms with Crippen molar-refractivity contribution in [3.8, 4) is 0 Å². The number of alkyl halides is 1. The zero-order valence-corrected chi connectivity index (χ0v) is 22.4. The first-order valence-electron chi connectivity index (χ1n) is 14.0. The first kappa shape index (κ1) is 30.9. The van der Waals surface area contributed by atoms with Crippen LogP contribution in [0.1, 0.15) is 167 Å². The van der Waals surface area contributed by atoms with Crippen molar-refractivity contribution >= 4 is 21.9 Å². The van der Waals surface area contributed by atoms with Crippen molar-refractivity contribution < 1.29 is 9.90 Å². The lowest BCUT2D eigenvalue weighted by atomic mass is 10.0. The number of carboxylic acid groups (broad SMARTS) is 1. The van der Waals surface area contributed by atoms with Gasteiger partial charge in [-0.15, -0.1) is 0 Å². The Morgan fingerprint density at radius 1 is 0.387 bits per heavy atom. The molecule has 0 heterocycles. The number of halogens is 1. The largest absolute Gasteiger partial charge is 0.481 e. The summed E-state index contributed by atoms with van der Waals surface area (Å²) < 4.78 is 0. The number of hydrogen-bond donors (Lipinski definition) is 1. The van der Waals surface area contributed by atoms with Crippen LogP contribution in [-0.4, -0.2) is 16.4 Å². The highest BCUT2D eigenvalue weighted by molar-refractivity contribution is 9.09. The fourth-order valence-corrected chi connectivity index (χ4v) is 4.83. The van der Waals surface area contributed by atoms with E-state index in [1.54, 1.807) is 0 Å². The van der Waals surface area contributed by atoms with Gasteiger partial charge in [-0.2, -0.15) is 0 Å². The van der Waals surface area contributed by atoms with Gasteiger partial charge in [0.2, 0.25) is 0 Å². The Balaban J connectivity index is 3.00. The van der Waals surface area contributed by atoms with Crippen LogP contribution in [0.3, 0.4) is 0 Å². The third kappa shape index (κ3) is 29.9. The van der Waals surface area contributed by atoms with Gasteiger partial charge in [0, 0.05) is 11.8 Å². The van der Waals surface area contributed by atoms with Gasteiger partial charge in [-0.05, 0) is 12.8 Å². The summed E-state index contributed by atoms with van der Waals surface area (Å²) in [5.74, 6) is -0.650. The fraction of sp³-hybridized carbons (Fsp3) is 0.964. The molecular formula is C28H55BrO2. The van der Waals surface area contributed by atoms with E-state index in [1.807, 2.05) is 0 Å². The van der Waals surface area contributed by atoms with Crippen molar-refractivity contribution in [2.75, 3.05) is 5.33 Å². The molecule has 0 aliphatic rings. The Labute approximate surface area is 203 Å². The lowest BCUT2D eigenvalue weighted by Gasteiger charge is -2.04. The van der Waals surface area contributed by atoms with Crippen LogP contribution in [0.5, 0.6) is 0 Å². The van der Waals surface area contributed by atoms with Crippen LogP contribution in [0.2, 0.25) is 0 Å². The first-order chi connectivity index (χ1) is 15.3. The monoisotopic (exact) mass is 502 g/mol. The Morgan fingerprint density at radius 3 is 0.774 bits per heavy atom. The van der Waals surface area contributed by atoms with Crippen molar-refractivity contribution in [3.05, 3.63) is 0 Å². The first-order valence-corrected chi connectivity index (χ1v) is 15.2. The van der Waals surface area contributed by atoms with Crippen LogP contribution in [0.15, 0.2) is 0 Å². The molecule has 0 aromatic rings. The third-order valence-corrected chi connectivity index (χ3v) is 7.09. The summed E-state index contributed by atoms with van der Waals surface area (Å²) in [5, 5.41) is 9.78. The Morgan fingerprint density at radius 2 is 0.581 bits per heavy atom. The zero-order chi connectivity index (χ0) is 22.7. The molecule has 0 fully saturated rings. The second-order valence-corrected chi connectivity index (χ2v) is 10.5. The van der Waals surface area contributed by atoms with E-state index in [0.717, 1.165) is 12.8 Å². The maximum absolute atomic E-state index is 10.4. The average Bonchev–Trinajstić information content (AvgIpc) is 2.76. The van der Waals surface area contributed by atoms with Gasteiger partial charge in [-0.1, -0.05) is 164 Å². The van der Waals surface area contributed by atoms with Crippen molar-refractivity contribution in [2.45, 2.75) is 167 Å². The molecule has 0 radical (unpaired) electrons. The average molecular weight is 504 g/mol. The van der Waals surface area contributed by atoms with E-state index in [2.05, 4.69) is 15.9 Å². The van der Waals surface area contributed by atoms with E-state index in [-0.39, 0.29) is 0 Å². The van der Waals surface area contributed by atoms with Crippen molar-refractivity contribution in [2.24, 2.45) is 0 Å². The van der Waals surface area contributed by atoms with Crippen LogP contribution in [0, 0.1) is 0 Å². The summed E-state index contributed by atoms with van der Waals surface area (Å²) in [6.07, 6.45) is 34.9. The molecule has 0 aromatic carbocycles. The SMILES string of the molecule is O=C(O)CCCCCCCCCCCCCCCCCCCCCCCCCCCBr. The lowest BCUT2D eigenvalue weighted by molar-refractivity contribution is -0.137. The Bertz CT molecular complexity index is 346. The molecule has 3 heteroatoms. The number of aliphatic carboxylic acids is 1. The predicted molar refractivity (Wildman–Crippen MR) is 141 cm³/mol. The van der Waals surface area contributed by atoms with Crippen LogP contribution < -0.4 is 0 Å². The Hall–Kier alpha value is -0.0500.